The Morgan fingerprint density at radius 3 is 2.67 bits per heavy atom. The number of aryl methyl sites for hydroxylation is 1. The number of nitrogens with zero attached hydrogens (tertiary/aromatic N) is 2. The quantitative estimate of drug-likeness (QED) is 0.836. The number of furan rings is 1. The van der Waals surface area contributed by atoms with E-state index in [4.69, 9.17) is 4.42 Å². The maximum atomic E-state index is 12.4. The fourth-order valence-corrected chi connectivity index (χ4v) is 3.70. The Labute approximate surface area is 145 Å². The second-order valence-electron chi connectivity index (χ2n) is 5.94. The van der Waals surface area contributed by atoms with Crippen molar-refractivity contribution >= 4 is 23.2 Å². The van der Waals surface area contributed by atoms with Gasteiger partial charge in [-0.25, -0.2) is 0 Å². The fraction of sp³-hybridized carbons (Fsp3) is 0.444. The fourth-order valence-electron chi connectivity index (χ4n) is 2.95. The lowest BCUT2D eigenvalue weighted by molar-refractivity contribution is -0.131. The molecule has 0 radical (unpaired) electrons. The molecule has 6 heteroatoms. The zero-order chi connectivity index (χ0) is 16.8. The summed E-state index contributed by atoms with van der Waals surface area (Å²) in [6.45, 7) is 2.55. The van der Waals surface area contributed by atoms with Crippen LogP contribution in [0.15, 0.2) is 40.3 Å². The Morgan fingerprint density at radius 1 is 1.08 bits per heavy atom. The van der Waals surface area contributed by atoms with Crippen molar-refractivity contribution in [1.82, 2.24) is 9.80 Å². The van der Waals surface area contributed by atoms with Crippen LogP contribution in [-0.2, 0) is 11.2 Å². The van der Waals surface area contributed by atoms with Gasteiger partial charge in [0.2, 0.25) is 5.91 Å². The van der Waals surface area contributed by atoms with Crippen molar-refractivity contribution in [3.63, 3.8) is 0 Å². The number of hydrogen-bond acceptors (Lipinski definition) is 4. The van der Waals surface area contributed by atoms with Gasteiger partial charge in [0.15, 0.2) is 5.76 Å². The monoisotopic (exact) mass is 346 g/mol. The summed E-state index contributed by atoms with van der Waals surface area (Å²) >= 11 is 1.74. The van der Waals surface area contributed by atoms with Crippen LogP contribution in [0.1, 0.15) is 34.7 Å². The zero-order valence-electron chi connectivity index (χ0n) is 13.6. The highest BCUT2D eigenvalue weighted by atomic mass is 32.1. The van der Waals surface area contributed by atoms with E-state index in [9.17, 15) is 9.59 Å². The summed E-state index contributed by atoms with van der Waals surface area (Å²) in [6, 6.07) is 7.55. The molecule has 0 bridgehead atoms. The first-order valence-corrected chi connectivity index (χ1v) is 9.25. The van der Waals surface area contributed by atoms with Crippen molar-refractivity contribution in [2.75, 3.05) is 26.2 Å². The van der Waals surface area contributed by atoms with Crippen molar-refractivity contribution in [2.24, 2.45) is 0 Å². The molecular weight excluding hydrogens is 324 g/mol. The van der Waals surface area contributed by atoms with Gasteiger partial charge in [0.25, 0.3) is 5.91 Å². The molecule has 0 atom stereocenters. The molecule has 3 heterocycles. The number of hydrogen-bond donors (Lipinski definition) is 0. The zero-order valence-corrected chi connectivity index (χ0v) is 14.5. The van der Waals surface area contributed by atoms with Crippen LogP contribution in [0.3, 0.4) is 0 Å². The summed E-state index contributed by atoms with van der Waals surface area (Å²) < 4.78 is 5.18. The van der Waals surface area contributed by atoms with Crippen LogP contribution in [0.5, 0.6) is 0 Å². The average molecular weight is 346 g/mol. The minimum absolute atomic E-state index is 0.0907. The summed E-state index contributed by atoms with van der Waals surface area (Å²) in [5.41, 5.74) is 0. The van der Waals surface area contributed by atoms with Crippen molar-refractivity contribution in [2.45, 2.75) is 25.7 Å². The van der Waals surface area contributed by atoms with E-state index in [0.29, 0.717) is 31.8 Å². The Kier molecular flexibility index (Phi) is 5.69. The molecule has 0 spiro atoms. The van der Waals surface area contributed by atoms with Crippen LogP contribution in [0, 0.1) is 0 Å². The topological polar surface area (TPSA) is 53.8 Å². The van der Waals surface area contributed by atoms with Gasteiger partial charge in [-0.05, 0) is 42.8 Å². The Bertz CT molecular complexity index is 652. The molecule has 2 amide bonds. The molecule has 1 saturated heterocycles. The highest BCUT2D eigenvalue weighted by Crippen LogP contribution is 2.14. The van der Waals surface area contributed by atoms with Crippen LogP contribution >= 0.6 is 11.3 Å². The maximum Gasteiger partial charge on any atom is 0.289 e. The highest BCUT2D eigenvalue weighted by molar-refractivity contribution is 7.09. The van der Waals surface area contributed by atoms with Gasteiger partial charge >= 0.3 is 0 Å². The maximum absolute atomic E-state index is 12.4. The van der Waals surface area contributed by atoms with Crippen molar-refractivity contribution in [1.29, 1.82) is 0 Å². The second-order valence-corrected chi connectivity index (χ2v) is 6.97. The van der Waals surface area contributed by atoms with Gasteiger partial charge in [-0.3, -0.25) is 9.59 Å². The van der Waals surface area contributed by atoms with Crippen LogP contribution in [0.4, 0.5) is 0 Å². The lowest BCUT2D eigenvalue weighted by Gasteiger charge is -2.21. The molecule has 0 aromatic carbocycles. The van der Waals surface area contributed by atoms with Gasteiger partial charge < -0.3 is 14.2 Å². The van der Waals surface area contributed by atoms with Crippen LogP contribution in [-0.4, -0.2) is 47.8 Å². The molecular formula is C18H22N2O3S. The minimum atomic E-state index is -0.0907. The molecule has 1 aliphatic heterocycles. The molecule has 5 nitrogen and oxygen atoms in total. The molecule has 0 unspecified atom stereocenters. The molecule has 1 fully saturated rings. The molecule has 0 saturated carbocycles. The van der Waals surface area contributed by atoms with Gasteiger partial charge in [-0.1, -0.05) is 6.07 Å². The van der Waals surface area contributed by atoms with E-state index in [-0.39, 0.29) is 11.8 Å². The van der Waals surface area contributed by atoms with E-state index in [0.717, 1.165) is 25.8 Å². The van der Waals surface area contributed by atoms with Crippen LogP contribution in [0.2, 0.25) is 0 Å². The van der Waals surface area contributed by atoms with Gasteiger partial charge in [0.1, 0.15) is 0 Å². The van der Waals surface area contributed by atoms with E-state index in [2.05, 4.69) is 11.4 Å². The van der Waals surface area contributed by atoms with Gasteiger partial charge in [-0.15, -0.1) is 11.3 Å². The SMILES string of the molecule is O=C(CCCc1cccs1)N1CCCN(C(=O)c2ccco2)CC1. The molecule has 2 aromatic rings. The third-order valence-electron chi connectivity index (χ3n) is 4.26. The molecule has 3 rings (SSSR count). The molecule has 128 valence electrons. The van der Waals surface area contributed by atoms with E-state index in [1.165, 1.54) is 11.1 Å². The lowest BCUT2D eigenvalue weighted by atomic mass is 10.2. The first-order chi connectivity index (χ1) is 11.7. The van der Waals surface area contributed by atoms with Gasteiger partial charge in [0.05, 0.1) is 6.26 Å². The molecule has 1 aliphatic rings. The largest absolute Gasteiger partial charge is 0.459 e. The number of thiophene rings is 1. The van der Waals surface area contributed by atoms with Crippen molar-refractivity contribution in [3.05, 3.63) is 46.5 Å². The number of carbonyl (C=O) groups excluding carboxylic acids is 2. The smallest absolute Gasteiger partial charge is 0.289 e. The Hall–Kier alpha value is -2.08. The third-order valence-corrected chi connectivity index (χ3v) is 5.20. The van der Waals surface area contributed by atoms with Gasteiger partial charge in [-0.2, -0.15) is 0 Å². The van der Waals surface area contributed by atoms with Gasteiger partial charge in [0, 0.05) is 37.5 Å². The number of amides is 2. The normalized spacial score (nSPS) is 15.3. The van der Waals surface area contributed by atoms with E-state index in [1.807, 2.05) is 11.0 Å². The van der Waals surface area contributed by atoms with Crippen LogP contribution < -0.4 is 0 Å². The van der Waals surface area contributed by atoms with Crippen LogP contribution in [0.25, 0.3) is 0 Å². The molecule has 24 heavy (non-hydrogen) atoms. The van der Waals surface area contributed by atoms with E-state index >= 15 is 0 Å². The summed E-state index contributed by atoms with van der Waals surface area (Å²) in [5.74, 6) is 0.469. The summed E-state index contributed by atoms with van der Waals surface area (Å²) in [6.07, 6.45) is 4.73. The van der Waals surface area contributed by atoms with Crippen molar-refractivity contribution < 1.29 is 14.0 Å². The summed E-state index contributed by atoms with van der Waals surface area (Å²) in [5, 5.41) is 2.07. The standard InChI is InChI=1S/C18H22N2O3S/c21-17(8-1-5-15-6-3-14-24-15)19-9-4-10-20(12-11-19)18(22)16-7-2-13-23-16/h2-3,6-7,13-14H,1,4-5,8-12H2. The second kappa shape index (κ2) is 8.15. The predicted molar refractivity (Wildman–Crippen MR) is 93.1 cm³/mol. The van der Waals surface area contributed by atoms with Crippen molar-refractivity contribution in [3.8, 4) is 0 Å². The molecule has 0 N–H and O–H groups in total. The molecule has 0 aliphatic carbocycles. The van der Waals surface area contributed by atoms with E-state index in [1.54, 1.807) is 28.4 Å². The first kappa shape index (κ1) is 16.8. The minimum Gasteiger partial charge on any atom is -0.459 e. The highest BCUT2D eigenvalue weighted by Gasteiger charge is 2.23. The number of carbonyl (C=O) groups is 2. The number of rotatable bonds is 5. The predicted octanol–water partition coefficient (Wildman–Crippen LogP) is 3.04. The Balaban J connectivity index is 1.46. The average Bonchev–Trinajstić information content (AvgIpc) is 3.24. The summed E-state index contributed by atoms with van der Waals surface area (Å²) in [7, 11) is 0. The van der Waals surface area contributed by atoms with E-state index < -0.39 is 0 Å². The molecule has 2 aromatic heterocycles. The first-order valence-electron chi connectivity index (χ1n) is 8.37. The summed E-state index contributed by atoms with van der Waals surface area (Å²) in [4.78, 5) is 29.7. The lowest BCUT2D eigenvalue weighted by Crippen LogP contribution is -2.37. The Morgan fingerprint density at radius 2 is 1.92 bits per heavy atom. The third kappa shape index (κ3) is 4.26.